The van der Waals surface area contributed by atoms with Crippen LogP contribution in [-0.2, 0) is 13.0 Å². The highest BCUT2D eigenvalue weighted by atomic mass is 15.4. The molecule has 0 aliphatic heterocycles. The number of anilines is 1. The topological polar surface area (TPSA) is 69.6 Å². The van der Waals surface area contributed by atoms with Gasteiger partial charge >= 0.3 is 0 Å². The number of hydrogen-bond donors (Lipinski definition) is 1. The highest BCUT2D eigenvalue weighted by molar-refractivity contribution is 5.31. The molecule has 78 valence electrons. The summed E-state index contributed by atoms with van der Waals surface area (Å²) in [6, 6.07) is 5.88. The van der Waals surface area contributed by atoms with E-state index in [1.165, 1.54) is 0 Å². The van der Waals surface area contributed by atoms with E-state index in [1.54, 1.807) is 10.9 Å². The van der Waals surface area contributed by atoms with E-state index in [9.17, 15) is 0 Å². The summed E-state index contributed by atoms with van der Waals surface area (Å²) < 4.78 is 1.80. The van der Waals surface area contributed by atoms with Crippen molar-refractivity contribution in [3.8, 4) is 0 Å². The molecule has 0 unspecified atom stereocenters. The third kappa shape index (κ3) is 2.12. The number of nitrogens with two attached hydrogens (primary N) is 1. The Morgan fingerprint density at radius 2 is 2.27 bits per heavy atom. The zero-order chi connectivity index (χ0) is 10.7. The number of aryl methyl sites for hydroxylation is 2. The molecule has 0 aromatic carbocycles. The molecule has 5 heteroatoms. The van der Waals surface area contributed by atoms with Crippen LogP contribution >= 0.6 is 0 Å². The summed E-state index contributed by atoms with van der Waals surface area (Å²) in [4.78, 5) is 4.24. The number of hydrogen-bond acceptors (Lipinski definition) is 4. The molecule has 0 saturated heterocycles. The van der Waals surface area contributed by atoms with Crippen LogP contribution in [0.5, 0.6) is 0 Å². The maximum atomic E-state index is 5.60. The van der Waals surface area contributed by atoms with Crippen molar-refractivity contribution in [3.63, 3.8) is 0 Å². The van der Waals surface area contributed by atoms with E-state index in [0.29, 0.717) is 5.82 Å². The average molecular weight is 203 g/mol. The van der Waals surface area contributed by atoms with Gasteiger partial charge in [-0.25, -0.2) is 4.68 Å². The van der Waals surface area contributed by atoms with Crippen molar-refractivity contribution >= 4 is 5.82 Å². The maximum Gasteiger partial charge on any atom is 0.168 e. The van der Waals surface area contributed by atoms with Crippen molar-refractivity contribution in [2.45, 2.75) is 19.9 Å². The summed E-state index contributed by atoms with van der Waals surface area (Å²) in [6.45, 7) is 2.67. The lowest BCUT2D eigenvalue weighted by Crippen LogP contribution is -2.06. The highest BCUT2D eigenvalue weighted by Gasteiger charge is 2.04. The van der Waals surface area contributed by atoms with Gasteiger partial charge in [-0.05, 0) is 19.1 Å². The fourth-order valence-corrected chi connectivity index (χ4v) is 1.35. The lowest BCUT2D eigenvalue weighted by molar-refractivity contribution is 0.571. The van der Waals surface area contributed by atoms with E-state index < -0.39 is 0 Å². The quantitative estimate of drug-likeness (QED) is 0.801. The molecule has 0 amide bonds. The SMILES string of the molecule is Cc1c(N)nnn1CCc1ccccn1. The Hall–Kier alpha value is -1.91. The first-order valence-corrected chi connectivity index (χ1v) is 4.83. The first-order chi connectivity index (χ1) is 7.27. The Labute approximate surface area is 87.9 Å². The average Bonchev–Trinajstić information content (AvgIpc) is 2.59. The molecule has 15 heavy (non-hydrogen) atoms. The summed E-state index contributed by atoms with van der Waals surface area (Å²) in [7, 11) is 0. The molecule has 0 aliphatic rings. The van der Waals surface area contributed by atoms with Gasteiger partial charge in [0.25, 0.3) is 0 Å². The summed E-state index contributed by atoms with van der Waals surface area (Å²) in [5.41, 5.74) is 7.55. The van der Waals surface area contributed by atoms with Crippen LogP contribution in [0.25, 0.3) is 0 Å². The van der Waals surface area contributed by atoms with Gasteiger partial charge < -0.3 is 5.73 Å². The van der Waals surface area contributed by atoms with Gasteiger partial charge in [-0.1, -0.05) is 11.3 Å². The van der Waals surface area contributed by atoms with Crippen LogP contribution in [0.15, 0.2) is 24.4 Å². The third-order valence-corrected chi connectivity index (χ3v) is 2.32. The van der Waals surface area contributed by atoms with Gasteiger partial charge in [0, 0.05) is 24.9 Å². The number of pyridine rings is 1. The number of nitrogens with zero attached hydrogens (tertiary/aromatic N) is 4. The van der Waals surface area contributed by atoms with Gasteiger partial charge in [-0.3, -0.25) is 4.98 Å². The van der Waals surface area contributed by atoms with Crippen molar-refractivity contribution in [3.05, 3.63) is 35.8 Å². The predicted molar refractivity (Wildman–Crippen MR) is 57.1 cm³/mol. The molecule has 2 aromatic heterocycles. The Kier molecular flexibility index (Phi) is 2.62. The molecule has 0 atom stereocenters. The summed E-state index contributed by atoms with van der Waals surface area (Å²) in [6.07, 6.45) is 2.63. The van der Waals surface area contributed by atoms with Crippen LogP contribution in [0, 0.1) is 6.92 Å². The minimum atomic E-state index is 0.496. The fraction of sp³-hybridized carbons (Fsp3) is 0.300. The Morgan fingerprint density at radius 3 is 2.87 bits per heavy atom. The molecule has 0 saturated carbocycles. The summed E-state index contributed by atoms with van der Waals surface area (Å²) in [5, 5.41) is 7.74. The monoisotopic (exact) mass is 203 g/mol. The number of nitrogen functional groups attached to an aromatic ring is 1. The van der Waals surface area contributed by atoms with Crippen LogP contribution in [0.4, 0.5) is 5.82 Å². The standard InChI is InChI=1S/C10H13N5/c1-8-10(11)13-14-15(8)7-5-9-4-2-3-6-12-9/h2-4,6H,5,7,11H2,1H3. The molecule has 0 aliphatic carbocycles. The fourth-order valence-electron chi connectivity index (χ4n) is 1.35. The summed E-state index contributed by atoms with van der Waals surface area (Å²) in [5.74, 6) is 0.496. The molecule has 0 bridgehead atoms. The van der Waals surface area contributed by atoms with E-state index in [2.05, 4.69) is 15.3 Å². The lowest BCUT2D eigenvalue weighted by atomic mass is 10.3. The van der Waals surface area contributed by atoms with Crippen molar-refractivity contribution in [1.29, 1.82) is 0 Å². The smallest absolute Gasteiger partial charge is 0.168 e. The molecular formula is C10H13N5. The van der Waals surface area contributed by atoms with Gasteiger partial charge in [-0.15, -0.1) is 5.10 Å². The molecule has 2 aromatic rings. The third-order valence-electron chi connectivity index (χ3n) is 2.32. The lowest BCUT2D eigenvalue weighted by Gasteiger charge is -2.02. The van der Waals surface area contributed by atoms with Crippen LogP contribution in [-0.4, -0.2) is 20.0 Å². The van der Waals surface area contributed by atoms with Gasteiger partial charge in [-0.2, -0.15) is 0 Å². The molecule has 2 rings (SSSR count). The minimum Gasteiger partial charge on any atom is -0.381 e. The second-order valence-corrected chi connectivity index (χ2v) is 3.35. The van der Waals surface area contributed by atoms with Gasteiger partial charge in [0.2, 0.25) is 0 Å². The molecule has 0 spiro atoms. The van der Waals surface area contributed by atoms with Crippen molar-refractivity contribution in [1.82, 2.24) is 20.0 Å². The number of aromatic nitrogens is 4. The van der Waals surface area contributed by atoms with Gasteiger partial charge in [0.15, 0.2) is 5.82 Å². The Bertz CT molecular complexity index is 434. The molecule has 2 heterocycles. The van der Waals surface area contributed by atoms with E-state index in [4.69, 9.17) is 5.73 Å². The Balaban J connectivity index is 2.02. The normalized spacial score (nSPS) is 10.5. The zero-order valence-corrected chi connectivity index (χ0v) is 8.59. The van der Waals surface area contributed by atoms with Gasteiger partial charge in [0.05, 0.1) is 5.69 Å². The first kappa shape index (κ1) is 9.64. The largest absolute Gasteiger partial charge is 0.381 e. The number of rotatable bonds is 3. The van der Waals surface area contributed by atoms with E-state index in [-0.39, 0.29) is 0 Å². The molecule has 0 radical (unpaired) electrons. The van der Waals surface area contributed by atoms with Crippen LogP contribution in [0.3, 0.4) is 0 Å². The van der Waals surface area contributed by atoms with Gasteiger partial charge in [0.1, 0.15) is 0 Å². The molecule has 5 nitrogen and oxygen atoms in total. The van der Waals surface area contributed by atoms with Crippen LogP contribution in [0.1, 0.15) is 11.4 Å². The second-order valence-electron chi connectivity index (χ2n) is 3.35. The van der Waals surface area contributed by atoms with E-state index in [0.717, 1.165) is 24.4 Å². The highest BCUT2D eigenvalue weighted by Crippen LogP contribution is 2.05. The zero-order valence-electron chi connectivity index (χ0n) is 8.59. The molecule has 0 fully saturated rings. The van der Waals surface area contributed by atoms with Crippen LogP contribution in [0.2, 0.25) is 0 Å². The minimum absolute atomic E-state index is 0.496. The first-order valence-electron chi connectivity index (χ1n) is 4.83. The molecular weight excluding hydrogens is 190 g/mol. The van der Waals surface area contributed by atoms with Crippen molar-refractivity contribution in [2.24, 2.45) is 0 Å². The van der Waals surface area contributed by atoms with Crippen molar-refractivity contribution in [2.75, 3.05) is 5.73 Å². The Morgan fingerprint density at radius 1 is 1.40 bits per heavy atom. The van der Waals surface area contributed by atoms with Crippen molar-refractivity contribution < 1.29 is 0 Å². The predicted octanol–water partition coefficient (Wildman–Crippen LogP) is 0.806. The maximum absolute atomic E-state index is 5.60. The van der Waals surface area contributed by atoms with E-state index >= 15 is 0 Å². The van der Waals surface area contributed by atoms with Crippen LogP contribution < -0.4 is 5.73 Å². The second kappa shape index (κ2) is 4.08. The van der Waals surface area contributed by atoms with E-state index in [1.807, 2.05) is 25.1 Å². The molecule has 2 N–H and O–H groups in total. The summed E-state index contributed by atoms with van der Waals surface area (Å²) >= 11 is 0.